The Balaban J connectivity index is 1.47. The van der Waals surface area contributed by atoms with Crippen molar-refractivity contribution in [3.8, 4) is 0 Å². The second-order valence-electron chi connectivity index (χ2n) is 8.24. The zero-order valence-corrected chi connectivity index (χ0v) is 16.9. The monoisotopic (exact) mass is 444 g/mol. The predicted molar refractivity (Wildman–Crippen MR) is 106 cm³/mol. The maximum Gasteiger partial charge on any atom is 0.416 e. The van der Waals surface area contributed by atoms with E-state index in [1.807, 2.05) is 0 Å². The first-order chi connectivity index (χ1) is 15.2. The van der Waals surface area contributed by atoms with Gasteiger partial charge in [-0.1, -0.05) is 24.3 Å². The molecule has 2 aromatic carbocycles. The van der Waals surface area contributed by atoms with Gasteiger partial charge in [0, 0.05) is 18.9 Å². The van der Waals surface area contributed by atoms with Crippen LogP contribution in [0, 0.1) is 0 Å². The molecular weight excluding hydrogens is 425 g/mol. The van der Waals surface area contributed by atoms with Gasteiger partial charge in [-0.25, -0.2) is 4.79 Å². The molecule has 0 spiro atoms. The minimum Gasteiger partial charge on any atom is -0.458 e. The molecule has 2 aromatic rings. The van der Waals surface area contributed by atoms with Gasteiger partial charge < -0.3 is 9.64 Å². The fourth-order valence-corrected chi connectivity index (χ4v) is 4.57. The van der Waals surface area contributed by atoms with Crippen LogP contribution in [0.2, 0.25) is 0 Å². The number of carbonyl (C=O) groups excluding carboxylic acids is 3. The SMILES string of the molecule is O=C1CCC2(C(=O)OCc3ccc(C(F)(F)F)cc3)N1c1ccccc1C(=O)N2C1CC1. The minimum absolute atomic E-state index is 0.0835. The number of rotatable bonds is 4. The highest BCUT2D eigenvalue weighted by atomic mass is 19.4. The second-order valence-corrected chi connectivity index (χ2v) is 8.24. The average Bonchev–Trinajstić information content (AvgIpc) is 3.54. The maximum atomic E-state index is 13.5. The van der Waals surface area contributed by atoms with E-state index < -0.39 is 23.4 Å². The first kappa shape index (κ1) is 20.5. The summed E-state index contributed by atoms with van der Waals surface area (Å²) in [6.45, 7) is -0.269. The van der Waals surface area contributed by atoms with Gasteiger partial charge in [-0.3, -0.25) is 14.5 Å². The third-order valence-electron chi connectivity index (χ3n) is 6.19. The van der Waals surface area contributed by atoms with Crippen molar-refractivity contribution in [1.82, 2.24) is 4.90 Å². The Bertz CT molecular complexity index is 1110. The molecule has 1 unspecified atom stereocenters. The van der Waals surface area contributed by atoms with Crippen LogP contribution in [0.15, 0.2) is 48.5 Å². The molecule has 2 fully saturated rings. The highest BCUT2D eigenvalue weighted by Crippen LogP contribution is 2.49. The van der Waals surface area contributed by atoms with Gasteiger partial charge in [-0.05, 0) is 42.7 Å². The van der Waals surface area contributed by atoms with E-state index in [-0.39, 0.29) is 37.3 Å². The highest BCUT2D eigenvalue weighted by molar-refractivity contribution is 6.15. The van der Waals surface area contributed by atoms with Crippen LogP contribution < -0.4 is 4.90 Å². The van der Waals surface area contributed by atoms with Gasteiger partial charge in [0.1, 0.15) is 6.61 Å². The lowest BCUT2D eigenvalue weighted by Gasteiger charge is -2.48. The van der Waals surface area contributed by atoms with Crippen molar-refractivity contribution in [3.63, 3.8) is 0 Å². The molecule has 0 N–H and O–H groups in total. The van der Waals surface area contributed by atoms with E-state index in [1.54, 1.807) is 24.3 Å². The number of hydrogen-bond donors (Lipinski definition) is 0. The lowest BCUT2D eigenvalue weighted by molar-refractivity contribution is -0.159. The summed E-state index contributed by atoms with van der Waals surface area (Å²) in [5, 5.41) is 0. The van der Waals surface area contributed by atoms with Crippen LogP contribution >= 0.6 is 0 Å². The summed E-state index contributed by atoms with van der Waals surface area (Å²) in [7, 11) is 0. The fourth-order valence-electron chi connectivity index (χ4n) is 4.57. The number of nitrogens with zero attached hydrogens (tertiary/aromatic N) is 2. The largest absolute Gasteiger partial charge is 0.458 e. The Kier molecular flexibility index (Phi) is 4.54. The van der Waals surface area contributed by atoms with Crippen LogP contribution in [-0.4, -0.2) is 34.4 Å². The van der Waals surface area contributed by atoms with Gasteiger partial charge in [0.2, 0.25) is 11.6 Å². The van der Waals surface area contributed by atoms with E-state index in [4.69, 9.17) is 4.74 Å². The molecule has 1 atom stereocenters. The van der Waals surface area contributed by atoms with Crippen molar-refractivity contribution in [2.24, 2.45) is 0 Å². The van der Waals surface area contributed by atoms with Gasteiger partial charge >= 0.3 is 12.1 Å². The predicted octanol–water partition coefficient (Wildman–Crippen LogP) is 3.89. The summed E-state index contributed by atoms with van der Waals surface area (Å²) >= 11 is 0. The Morgan fingerprint density at radius 3 is 2.41 bits per heavy atom. The van der Waals surface area contributed by atoms with Gasteiger partial charge in [-0.2, -0.15) is 13.2 Å². The van der Waals surface area contributed by atoms with Crippen LogP contribution in [0.4, 0.5) is 18.9 Å². The Morgan fingerprint density at radius 1 is 1.06 bits per heavy atom. The summed E-state index contributed by atoms with van der Waals surface area (Å²) in [5.41, 5.74) is -1.26. The van der Waals surface area contributed by atoms with Crippen molar-refractivity contribution in [1.29, 1.82) is 0 Å². The van der Waals surface area contributed by atoms with Gasteiger partial charge in [0.15, 0.2) is 0 Å². The Hall–Kier alpha value is -3.36. The van der Waals surface area contributed by atoms with E-state index in [0.717, 1.165) is 25.0 Å². The number of benzene rings is 2. The van der Waals surface area contributed by atoms with Gasteiger partial charge in [-0.15, -0.1) is 0 Å². The lowest BCUT2D eigenvalue weighted by atomic mass is 9.96. The van der Waals surface area contributed by atoms with Gasteiger partial charge in [0.05, 0.1) is 16.8 Å². The van der Waals surface area contributed by atoms with Crippen molar-refractivity contribution in [2.75, 3.05) is 4.90 Å². The summed E-state index contributed by atoms with van der Waals surface area (Å²) in [6.07, 6.45) is -2.82. The Labute approximate surface area is 181 Å². The van der Waals surface area contributed by atoms with Crippen molar-refractivity contribution in [2.45, 2.75) is 50.2 Å². The van der Waals surface area contributed by atoms with E-state index in [2.05, 4.69) is 0 Å². The normalized spacial score (nSPS) is 22.6. The molecule has 5 rings (SSSR count). The second kappa shape index (κ2) is 7.08. The molecule has 0 bridgehead atoms. The number of halogens is 3. The number of fused-ring (bicyclic) bond motifs is 3. The number of esters is 1. The summed E-state index contributed by atoms with van der Waals surface area (Å²) in [4.78, 5) is 42.5. The molecule has 2 heterocycles. The number of para-hydroxylation sites is 1. The third kappa shape index (κ3) is 3.06. The van der Waals surface area contributed by atoms with Crippen LogP contribution in [0.1, 0.15) is 47.2 Å². The van der Waals surface area contributed by atoms with E-state index in [0.29, 0.717) is 16.8 Å². The standard InChI is InChI=1S/C23H19F3N2O4/c24-23(25,26)15-7-5-14(6-8-15)13-32-21(31)22-12-11-19(29)28(22)18-4-2-1-3-17(18)20(30)27(22)16-9-10-16/h1-8,16H,9-13H2. The number of carbonyl (C=O) groups is 3. The number of anilines is 1. The van der Waals surface area contributed by atoms with Crippen molar-refractivity contribution < 1.29 is 32.3 Å². The smallest absolute Gasteiger partial charge is 0.416 e. The van der Waals surface area contributed by atoms with Crippen LogP contribution in [0.5, 0.6) is 0 Å². The summed E-state index contributed by atoms with van der Waals surface area (Å²) < 4.78 is 43.9. The molecule has 3 aliphatic rings. The molecule has 9 heteroatoms. The summed E-state index contributed by atoms with van der Waals surface area (Å²) in [5.74, 6) is -1.35. The molecule has 1 saturated heterocycles. The third-order valence-corrected chi connectivity index (χ3v) is 6.19. The number of ether oxygens (including phenoxy) is 1. The number of hydrogen-bond acceptors (Lipinski definition) is 4. The minimum atomic E-state index is -4.46. The van der Waals surface area contributed by atoms with Crippen LogP contribution in [0.25, 0.3) is 0 Å². The zero-order chi connectivity index (χ0) is 22.7. The molecule has 1 aliphatic carbocycles. The van der Waals surface area contributed by atoms with Crippen molar-refractivity contribution in [3.05, 3.63) is 65.2 Å². The number of amides is 2. The molecule has 166 valence electrons. The van der Waals surface area contributed by atoms with Gasteiger partial charge in [0.25, 0.3) is 5.91 Å². The molecule has 0 aromatic heterocycles. The molecule has 0 radical (unpaired) electrons. The summed E-state index contributed by atoms with van der Waals surface area (Å²) in [6, 6.07) is 10.8. The fraction of sp³-hybridized carbons (Fsp3) is 0.348. The average molecular weight is 444 g/mol. The quantitative estimate of drug-likeness (QED) is 0.672. The molecule has 6 nitrogen and oxygen atoms in total. The van der Waals surface area contributed by atoms with E-state index in [9.17, 15) is 27.6 Å². The first-order valence-electron chi connectivity index (χ1n) is 10.3. The lowest BCUT2D eigenvalue weighted by Crippen LogP contribution is -2.69. The highest BCUT2D eigenvalue weighted by Gasteiger charge is 2.64. The molecule has 1 saturated carbocycles. The van der Waals surface area contributed by atoms with E-state index >= 15 is 0 Å². The Morgan fingerprint density at radius 2 is 1.75 bits per heavy atom. The zero-order valence-electron chi connectivity index (χ0n) is 16.9. The van der Waals surface area contributed by atoms with Crippen LogP contribution in [0.3, 0.4) is 0 Å². The van der Waals surface area contributed by atoms with Crippen molar-refractivity contribution >= 4 is 23.5 Å². The molecular formula is C23H19F3N2O4. The number of alkyl halides is 3. The maximum absolute atomic E-state index is 13.5. The molecule has 2 amide bonds. The molecule has 2 aliphatic heterocycles. The van der Waals surface area contributed by atoms with Crippen LogP contribution in [-0.2, 0) is 27.1 Å². The first-order valence-corrected chi connectivity index (χ1v) is 10.3. The molecule has 32 heavy (non-hydrogen) atoms. The topological polar surface area (TPSA) is 66.9 Å². The van der Waals surface area contributed by atoms with E-state index in [1.165, 1.54) is 21.9 Å².